The lowest BCUT2D eigenvalue weighted by molar-refractivity contribution is -0.254. The van der Waals surface area contributed by atoms with Crippen molar-refractivity contribution in [1.82, 2.24) is 0 Å². The lowest BCUT2D eigenvalue weighted by atomic mass is 9.90. The molecule has 1 aliphatic carbocycles. The molecule has 8 heteroatoms. The quantitative estimate of drug-likeness (QED) is 0.216. The lowest BCUT2D eigenvalue weighted by Gasteiger charge is -2.26. The first-order chi connectivity index (χ1) is 17.6. The molecule has 0 amide bonds. The van der Waals surface area contributed by atoms with Crippen LogP contribution in [0.15, 0.2) is 57.4 Å². The molecule has 0 atom stereocenters. The van der Waals surface area contributed by atoms with Crippen molar-refractivity contribution in [3.8, 4) is 0 Å². The maximum absolute atomic E-state index is 15.7. The number of para-hydroxylation sites is 2. The van der Waals surface area contributed by atoms with Gasteiger partial charge in [-0.25, -0.2) is 0 Å². The van der Waals surface area contributed by atoms with Crippen LogP contribution in [-0.4, -0.2) is 17.8 Å². The number of benzene rings is 2. The van der Waals surface area contributed by atoms with Gasteiger partial charge < -0.3 is 8.83 Å². The molecule has 2 nitrogen and oxygen atoms in total. The molecular formula is C29H26F6O2. The summed E-state index contributed by atoms with van der Waals surface area (Å²) < 4.78 is 105. The van der Waals surface area contributed by atoms with Crippen molar-refractivity contribution in [2.45, 2.75) is 70.1 Å². The Bertz CT molecular complexity index is 1380. The second-order valence-corrected chi connectivity index (χ2v) is 9.47. The van der Waals surface area contributed by atoms with Crippen LogP contribution in [0.2, 0.25) is 0 Å². The van der Waals surface area contributed by atoms with E-state index in [0.29, 0.717) is 25.7 Å². The van der Waals surface area contributed by atoms with E-state index in [1.165, 1.54) is 36.4 Å². The Balaban J connectivity index is 1.95. The summed E-state index contributed by atoms with van der Waals surface area (Å²) in [4.78, 5) is 0. The molecule has 0 spiro atoms. The van der Waals surface area contributed by atoms with Crippen molar-refractivity contribution in [2.24, 2.45) is 0 Å². The zero-order valence-corrected chi connectivity index (χ0v) is 20.4. The number of hydrogen-bond donors (Lipinski definition) is 0. The van der Waals surface area contributed by atoms with Gasteiger partial charge in [0, 0.05) is 45.9 Å². The fourth-order valence-electron chi connectivity index (χ4n) is 5.16. The van der Waals surface area contributed by atoms with Crippen LogP contribution in [0.1, 0.15) is 62.2 Å². The van der Waals surface area contributed by atoms with E-state index in [-0.39, 0.29) is 57.4 Å². The molecule has 0 aliphatic heterocycles. The number of aryl methyl sites for hydroxylation is 2. The zero-order valence-electron chi connectivity index (χ0n) is 20.4. The summed E-state index contributed by atoms with van der Waals surface area (Å²) in [6.07, 6.45) is 2.62. The van der Waals surface area contributed by atoms with Crippen LogP contribution in [0.5, 0.6) is 0 Å². The number of hydrogen-bond acceptors (Lipinski definition) is 2. The summed E-state index contributed by atoms with van der Waals surface area (Å²) in [6.45, 7) is 3.74. The molecule has 0 saturated carbocycles. The minimum atomic E-state index is -5.66. The van der Waals surface area contributed by atoms with Crippen LogP contribution in [0, 0.1) is 0 Å². The van der Waals surface area contributed by atoms with Gasteiger partial charge in [-0.05, 0) is 25.0 Å². The number of rotatable bonds is 8. The summed E-state index contributed by atoms with van der Waals surface area (Å²) in [5.74, 6) is -16.0. The van der Waals surface area contributed by atoms with Crippen molar-refractivity contribution >= 4 is 33.1 Å². The van der Waals surface area contributed by atoms with Crippen LogP contribution in [0.25, 0.3) is 33.1 Å². The molecule has 2 aromatic heterocycles. The molecule has 5 rings (SSSR count). The fourth-order valence-corrected chi connectivity index (χ4v) is 5.16. The molecule has 0 bridgehead atoms. The van der Waals surface area contributed by atoms with Gasteiger partial charge in [0.1, 0.15) is 22.7 Å². The highest BCUT2D eigenvalue weighted by Gasteiger charge is 2.81. The monoisotopic (exact) mass is 520 g/mol. The van der Waals surface area contributed by atoms with Crippen LogP contribution in [0.4, 0.5) is 26.3 Å². The van der Waals surface area contributed by atoms with Crippen molar-refractivity contribution < 1.29 is 35.2 Å². The van der Waals surface area contributed by atoms with E-state index in [4.69, 9.17) is 8.83 Å². The van der Waals surface area contributed by atoms with Gasteiger partial charge in [0.15, 0.2) is 0 Å². The van der Waals surface area contributed by atoms with E-state index in [2.05, 4.69) is 0 Å². The Morgan fingerprint density at radius 1 is 0.595 bits per heavy atom. The van der Waals surface area contributed by atoms with Gasteiger partial charge in [-0.15, -0.1) is 0 Å². The highest BCUT2D eigenvalue weighted by atomic mass is 19.3. The van der Waals surface area contributed by atoms with Crippen molar-refractivity contribution in [2.75, 3.05) is 0 Å². The molecule has 37 heavy (non-hydrogen) atoms. The maximum atomic E-state index is 15.7. The van der Waals surface area contributed by atoms with Gasteiger partial charge in [-0.2, -0.15) is 26.3 Å². The first-order valence-corrected chi connectivity index (χ1v) is 12.5. The molecule has 0 saturated heterocycles. The Morgan fingerprint density at radius 3 is 1.35 bits per heavy atom. The lowest BCUT2D eigenvalue weighted by Crippen LogP contribution is -2.49. The molecule has 0 radical (unpaired) electrons. The van der Waals surface area contributed by atoms with E-state index in [0.717, 1.165) is 0 Å². The molecule has 2 aromatic carbocycles. The average molecular weight is 521 g/mol. The maximum Gasteiger partial charge on any atom is 0.380 e. The smallest absolute Gasteiger partial charge is 0.380 e. The molecule has 1 aliphatic rings. The summed E-state index contributed by atoms with van der Waals surface area (Å²) in [5.41, 5.74) is -3.19. The van der Waals surface area contributed by atoms with Gasteiger partial charge in [-0.3, -0.25) is 0 Å². The molecule has 0 unspecified atom stereocenters. The highest BCUT2D eigenvalue weighted by molar-refractivity contribution is 6.11. The molecule has 0 N–H and O–H groups in total. The van der Waals surface area contributed by atoms with Crippen molar-refractivity contribution in [3.05, 3.63) is 71.2 Å². The third-order valence-electron chi connectivity index (χ3n) is 7.02. The van der Waals surface area contributed by atoms with Crippen molar-refractivity contribution in [3.63, 3.8) is 0 Å². The number of furan rings is 2. The topological polar surface area (TPSA) is 26.3 Å². The SMILES string of the molecule is CCCCc1oc2ccccc2c1C1=C(c2c(CCCC)oc3ccccc23)C(F)(F)C(F)(F)C1(F)F. The highest BCUT2D eigenvalue weighted by Crippen LogP contribution is 2.66. The Morgan fingerprint density at radius 2 is 0.973 bits per heavy atom. The number of alkyl halides is 6. The normalized spacial score (nSPS) is 18.4. The van der Waals surface area contributed by atoms with Crippen LogP contribution >= 0.6 is 0 Å². The minimum Gasteiger partial charge on any atom is -0.460 e. The van der Waals surface area contributed by atoms with Gasteiger partial charge in [0.25, 0.3) is 0 Å². The second-order valence-electron chi connectivity index (χ2n) is 9.47. The van der Waals surface area contributed by atoms with Gasteiger partial charge in [0.2, 0.25) is 0 Å². The molecule has 196 valence electrons. The summed E-state index contributed by atoms with van der Waals surface area (Å²) in [6, 6.07) is 12.2. The van der Waals surface area contributed by atoms with Gasteiger partial charge >= 0.3 is 17.8 Å². The van der Waals surface area contributed by atoms with Crippen molar-refractivity contribution in [1.29, 1.82) is 0 Å². The number of halogens is 6. The van der Waals surface area contributed by atoms with Crippen LogP contribution in [0.3, 0.4) is 0 Å². The predicted octanol–water partition coefficient (Wildman–Crippen LogP) is 9.69. The summed E-state index contributed by atoms with van der Waals surface area (Å²) in [7, 11) is 0. The summed E-state index contributed by atoms with van der Waals surface area (Å²) >= 11 is 0. The number of fused-ring (bicyclic) bond motifs is 2. The van der Waals surface area contributed by atoms with E-state index in [1.54, 1.807) is 12.1 Å². The average Bonchev–Trinajstić information content (AvgIpc) is 3.44. The Labute approximate surface area is 209 Å². The molecule has 2 heterocycles. The molecule has 4 aromatic rings. The Hall–Kier alpha value is -3.16. The van der Waals surface area contributed by atoms with Gasteiger partial charge in [-0.1, -0.05) is 63.1 Å². The molecular weight excluding hydrogens is 494 g/mol. The fraction of sp³-hybridized carbons (Fsp3) is 0.379. The first kappa shape index (κ1) is 25.5. The Kier molecular flexibility index (Phi) is 6.20. The zero-order chi connectivity index (χ0) is 26.6. The molecule has 0 fully saturated rings. The van der Waals surface area contributed by atoms with Crippen LogP contribution in [-0.2, 0) is 12.8 Å². The van der Waals surface area contributed by atoms with Gasteiger partial charge in [0.05, 0.1) is 0 Å². The van der Waals surface area contributed by atoms with Crippen LogP contribution < -0.4 is 0 Å². The number of unbranched alkanes of at least 4 members (excludes halogenated alkanes) is 2. The van der Waals surface area contributed by atoms with E-state index < -0.39 is 28.9 Å². The number of allylic oxidation sites excluding steroid dienone is 2. The minimum absolute atomic E-state index is 0.00775. The second kappa shape index (κ2) is 8.99. The third-order valence-corrected chi connectivity index (χ3v) is 7.02. The third kappa shape index (κ3) is 3.62. The van der Waals surface area contributed by atoms with E-state index in [1.807, 2.05) is 13.8 Å². The standard InChI is InChI=1S/C29H26F6O2/c1-3-5-13-21-23(17-11-7-9-15-19(17)36-21)25-26(28(32,33)29(34,35)27(25,30)31)24-18-12-8-10-16-20(18)37-22(24)14-6-4-2/h7-12,15-16H,3-6,13-14H2,1-2H3. The van der Waals surface area contributed by atoms with E-state index in [9.17, 15) is 0 Å². The largest absolute Gasteiger partial charge is 0.460 e. The summed E-state index contributed by atoms with van der Waals surface area (Å²) in [5, 5.41) is 0.189. The predicted molar refractivity (Wildman–Crippen MR) is 131 cm³/mol. The van der Waals surface area contributed by atoms with E-state index >= 15 is 26.3 Å². The first-order valence-electron chi connectivity index (χ1n) is 12.5.